The molecule has 0 aliphatic carbocycles. The van der Waals surface area contributed by atoms with Gasteiger partial charge in [-0.15, -0.1) is 0 Å². The van der Waals surface area contributed by atoms with E-state index < -0.39 is 0 Å². The van der Waals surface area contributed by atoms with Gasteiger partial charge in [-0.05, 0) is 30.9 Å². The molecular formula is C16H18N2O3. The van der Waals surface area contributed by atoms with E-state index >= 15 is 0 Å². The number of amides is 3. The molecule has 0 radical (unpaired) electrons. The van der Waals surface area contributed by atoms with Crippen molar-refractivity contribution < 1.29 is 14.4 Å². The fraction of sp³-hybridized carbons (Fsp3) is 0.438. The van der Waals surface area contributed by atoms with E-state index in [1.54, 1.807) is 29.2 Å². The molecule has 0 unspecified atom stereocenters. The predicted molar refractivity (Wildman–Crippen MR) is 76.8 cm³/mol. The molecule has 0 atom stereocenters. The molecule has 1 saturated heterocycles. The van der Waals surface area contributed by atoms with Crippen molar-refractivity contribution in [2.45, 2.75) is 19.8 Å². The Morgan fingerprint density at radius 3 is 2.14 bits per heavy atom. The van der Waals surface area contributed by atoms with Crippen LogP contribution in [0.1, 0.15) is 40.5 Å². The van der Waals surface area contributed by atoms with Crippen molar-refractivity contribution in [2.24, 2.45) is 5.92 Å². The zero-order valence-corrected chi connectivity index (χ0v) is 12.0. The lowest BCUT2D eigenvalue weighted by atomic mass is 9.99. The Morgan fingerprint density at radius 2 is 1.62 bits per heavy atom. The summed E-state index contributed by atoms with van der Waals surface area (Å²) in [5.74, 6) is -0.242. The van der Waals surface area contributed by atoms with Gasteiger partial charge >= 0.3 is 0 Å². The molecule has 2 aliphatic rings. The lowest BCUT2D eigenvalue weighted by Gasteiger charge is -2.31. The normalized spacial score (nSPS) is 19.1. The first kappa shape index (κ1) is 13.8. The van der Waals surface area contributed by atoms with E-state index in [1.807, 2.05) is 0 Å². The number of imide groups is 1. The van der Waals surface area contributed by atoms with Gasteiger partial charge in [-0.1, -0.05) is 19.1 Å². The number of piperidine rings is 1. The Balaban J connectivity index is 1.70. The Labute approximate surface area is 123 Å². The van der Waals surface area contributed by atoms with Gasteiger partial charge in [0.1, 0.15) is 6.54 Å². The Hall–Kier alpha value is -2.17. The Morgan fingerprint density at radius 1 is 1.10 bits per heavy atom. The summed E-state index contributed by atoms with van der Waals surface area (Å²) < 4.78 is 0. The summed E-state index contributed by atoms with van der Waals surface area (Å²) in [4.78, 5) is 39.5. The molecule has 0 saturated carbocycles. The minimum absolute atomic E-state index is 0.142. The second-order valence-corrected chi connectivity index (χ2v) is 5.81. The maximum absolute atomic E-state index is 12.3. The number of hydrogen-bond donors (Lipinski definition) is 0. The summed E-state index contributed by atoms with van der Waals surface area (Å²) in [6.07, 6.45) is 1.96. The first-order chi connectivity index (χ1) is 10.1. The van der Waals surface area contributed by atoms with E-state index in [0.29, 0.717) is 30.1 Å². The number of carbonyl (C=O) groups excluding carboxylic acids is 3. The number of hydrogen-bond acceptors (Lipinski definition) is 3. The third-order valence-corrected chi connectivity index (χ3v) is 4.31. The summed E-state index contributed by atoms with van der Waals surface area (Å²) >= 11 is 0. The van der Waals surface area contributed by atoms with Gasteiger partial charge in [-0.25, -0.2) is 0 Å². The third-order valence-electron chi connectivity index (χ3n) is 4.31. The van der Waals surface area contributed by atoms with Gasteiger partial charge in [0.15, 0.2) is 0 Å². The van der Waals surface area contributed by atoms with Crippen molar-refractivity contribution in [3.63, 3.8) is 0 Å². The highest BCUT2D eigenvalue weighted by atomic mass is 16.2. The highest BCUT2D eigenvalue weighted by Crippen LogP contribution is 2.23. The molecule has 21 heavy (non-hydrogen) atoms. The molecule has 0 spiro atoms. The van der Waals surface area contributed by atoms with Crippen molar-refractivity contribution >= 4 is 17.7 Å². The van der Waals surface area contributed by atoms with E-state index in [0.717, 1.165) is 17.7 Å². The molecule has 3 rings (SSSR count). The van der Waals surface area contributed by atoms with Gasteiger partial charge in [0.25, 0.3) is 11.8 Å². The van der Waals surface area contributed by atoms with E-state index in [2.05, 4.69) is 6.92 Å². The standard InChI is InChI=1S/C16H18N2O3/c1-11-6-8-17(9-7-11)14(19)10-18-15(20)12-4-2-3-5-13(12)16(18)21/h2-5,11H,6-10H2,1H3. The van der Waals surface area contributed by atoms with Crippen molar-refractivity contribution in [3.05, 3.63) is 35.4 Å². The molecule has 0 aromatic heterocycles. The van der Waals surface area contributed by atoms with Crippen molar-refractivity contribution in [1.29, 1.82) is 0 Å². The van der Waals surface area contributed by atoms with Crippen LogP contribution in [0.25, 0.3) is 0 Å². The van der Waals surface area contributed by atoms with Gasteiger partial charge in [0.05, 0.1) is 11.1 Å². The number of rotatable bonds is 2. The summed E-state index contributed by atoms with van der Waals surface area (Å²) in [6, 6.07) is 6.70. The van der Waals surface area contributed by atoms with Crippen molar-refractivity contribution in [1.82, 2.24) is 9.80 Å². The van der Waals surface area contributed by atoms with Gasteiger partial charge in [0.2, 0.25) is 5.91 Å². The molecule has 0 bridgehead atoms. The number of carbonyl (C=O) groups is 3. The molecule has 1 fully saturated rings. The molecule has 110 valence electrons. The number of nitrogens with zero attached hydrogens (tertiary/aromatic N) is 2. The molecule has 3 amide bonds. The topological polar surface area (TPSA) is 57.7 Å². The van der Waals surface area contributed by atoms with Crippen LogP contribution in [0, 0.1) is 5.92 Å². The predicted octanol–water partition coefficient (Wildman–Crippen LogP) is 1.54. The van der Waals surface area contributed by atoms with Gasteiger partial charge in [-0.3, -0.25) is 19.3 Å². The van der Waals surface area contributed by atoms with Gasteiger partial charge in [0, 0.05) is 13.1 Å². The largest absolute Gasteiger partial charge is 0.341 e. The van der Waals surface area contributed by atoms with Crippen LogP contribution in [0.3, 0.4) is 0 Å². The number of likely N-dealkylation sites (tertiary alicyclic amines) is 1. The average Bonchev–Trinajstić information content (AvgIpc) is 2.73. The van der Waals surface area contributed by atoms with Crippen LogP contribution in [-0.2, 0) is 4.79 Å². The minimum Gasteiger partial charge on any atom is -0.341 e. The van der Waals surface area contributed by atoms with Gasteiger partial charge < -0.3 is 4.90 Å². The maximum atomic E-state index is 12.3. The summed E-state index contributed by atoms with van der Waals surface area (Å²) in [6.45, 7) is 3.44. The van der Waals surface area contributed by atoms with Crippen LogP contribution >= 0.6 is 0 Å². The van der Waals surface area contributed by atoms with E-state index in [9.17, 15) is 14.4 Å². The molecule has 5 heteroatoms. The molecule has 1 aromatic carbocycles. The van der Waals surface area contributed by atoms with E-state index in [4.69, 9.17) is 0 Å². The summed E-state index contributed by atoms with van der Waals surface area (Å²) in [5.41, 5.74) is 0.783. The van der Waals surface area contributed by atoms with Crippen LogP contribution in [0.5, 0.6) is 0 Å². The van der Waals surface area contributed by atoms with E-state index in [-0.39, 0.29) is 24.3 Å². The molecule has 5 nitrogen and oxygen atoms in total. The lowest BCUT2D eigenvalue weighted by molar-refractivity contribution is -0.132. The smallest absolute Gasteiger partial charge is 0.262 e. The summed E-state index contributed by atoms with van der Waals surface area (Å²) in [7, 11) is 0. The van der Waals surface area contributed by atoms with E-state index in [1.165, 1.54) is 0 Å². The highest BCUT2D eigenvalue weighted by molar-refractivity contribution is 6.22. The zero-order valence-electron chi connectivity index (χ0n) is 12.0. The zero-order chi connectivity index (χ0) is 15.0. The second-order valence-electron chi connectivity index (χ2n) is 5.81. The average molecular weight is 286 g/mol. The molecule has 0 N–H and O–H groups in total. The van der Waals surface area contributed by atoms with Crippen LogP contribution in [-0.4, -0.2) is 47.2 Å². The number of fused-ring (bicyclic) bond motifs is 1. The van der Waals surface area contributed by atoms with Crippen LogP contribution in [0.2, 0.25) is 0 Å². The van der Waals surface area contributed by atoms with Crippen molar-refractivity contribution in [3.8, 4) is 0 Å². The minimum atomic E-state index is -0.366. The van der Waals surface area contributed by atoms with Crippen LogP contribution < -0.4 is 0 Å². The Bertz CT molecular complexity index is 568. The molecule has 2 aliphatic heterocycles. The van der Waals surface area contributed by atoms with Gasteiger partial charge in [-0.2, -0.15) is 0 Å². The Kier molecular flexibility index (Phi) is 3.49. The molecule has 2 heterocycles. The number of benzene rings is 1. The summed E-state index contributed by atoms with van der Waals surface area (Å²) in [5, 5.41) is 0. The first-order valence-corrected chi connectivity index (χ1v) is 7.31. The van der Waals surface area contributed by atoms with Crippen molar-refractivity contribution in [2.75, 3.05) is 19.6 Å². The second kappa shape index (κ2) is 5.31. The quantitative estimate of drug-likeness (QED) is 0.775. The van der Waals surface area contributed by atoms with Crippen LogP contribution in [0.15, 0.2) is 24.3 Å². The molecular weight excluding hydrogens is 268 g/mol. The first-order valence-electron chi connectivity index (χ1n) is 7.31. The monoisotopic (exact) mass is 286 g/mol. The maximum Gasteiger partial charge on any atom is 0.262 e. The fourth-order valence-corrected chi connectivity index (χ4v) is 2.88. The highest BCUT2D eigenvalue weighted by Gasteiger charge is 2.37. The molecule has 1 aromatic rings. The third kappa shape index (κ3) is 2.44. The SMILES string of the molecule is CC1CCN(C(=O)CN2C(=O)c3ccccc3C2=O)CC1. The lowest BCUT2D eigenvalue weighted by Crippen LogP contribution is -2.45. The fourth-order valence-electron chi connectivity index (χ4n) is 2.88. The van der Waals surface area contributed by atoms with Crippen LogP contribution in [0.4, 0.5) is 0 Å².